The molecule has 1 fully saturated rings. The van der Waals surface area contributed by atoms with E-state index >= 15 is 0 Å². The summed E-state index contributed by atoms with van der Waals surface area (Å²) in [4.78, 5) is 2.53. The molecule has 12 rings (SSSR count). The van der Waals surface area contributed by atoms with Gasteiger partial charge >= 0.3 is 0 Å². The van der Waals surface area contributed by atoms with E-state index in [4.69, 9.17) is 4.42 Å². The predicted molar refractivity (Wildman–Crippen MR) is 261 cm³/mol. The number of hydrogen-bond donors (Lipinski definition) is 0. The summed E-state index contributed by atoms with van der Waals surface area (Å²) in [6, 6.07) is 71.6. The molecule has 0 saturated heterocycles. The van der Waals surface area contributed by atoms with Crippen molar-refractivity contribution in [2.24, 2.45) is 0 Å². The molecular weight excluding hydrogens is 759 g/mol. The molecule has 1 aliphatic rings. The standard InChI is InChI=1S/C58H43NOS/c1-2-17-38(18-3-1)42-27-13-19-39-20-14-29-46(56(39)42)44-23-4-8-31-50(44)59(41-22-12-21-40(37-41)43-28-15-34-53-57(43)48-25-6-10-33-52(48)60-53)51-32-9-5-24-45(51)47-30-16-36-55-58(47)49-26-7-11-35-54(49)61-55/h4-16,19-38H,1-3,17-18H2. The van der Waals surface area contributed by atoms with Crippen molar-refractivity contribution >= 4 is 81.3 Å². The van der Waals surface area contributed by atoms with Gasteiger partial charge in [0.05, 0.1) is 11.4 Å². The van der Waals surface area contributed by atoms with Crippen LogP contribution in [0.15, 0.2) is 199 Å². The summed E-state index contributed by atoms with van der Waals surface area (Å²) in [6.07, 6.45) is 6.45. The van der Waals surface area contributed by atoms with Crippen molar-refractivity contribution in [3.05, 3.63) is 200 Å². The molecule has 0 radical (unpaired) electrons. The normalized spacial score (nSPS) is 13.5. The number of hydrogen-bond acceptors (Lipinski definition) is 3. The SMILES string of the molecule is c1cc(-c2cccc3oc4ccccc4c23)cc(N(c2ccccc2-c2cccc3cccc(C4CCCCC4)c23)c2ccccc2-c2cccc3sc4ccccc4c23)c1. The maximum Gasteiger partial charge on any atom is 0.136 e. The fourth-order valence-electron chi connectivity index (χ4n) is 10.4. The van der Waals surface area contributed by atoms with Crippen LogP contribution in [-0.4, -0.2) is 0 Å². The van der Waals surface area contributed by atoms with Crippen LogP contribution in [0.5, 0.6) is 0 Å². The van der Waals surface area contributed by atoms with E-state index in [0.29, 0.717) is 5.92 Å². The van der Waals surface area contributed by atoms with E-state index in [-0.39, 0.29) is 0 Å². The zero-order chi connectivity index (χ0) is 40.3. The molecule has 9 aromatic carbocycles. The summed E-state index contributed by atoms with van der Waals surface area (Å²) in [5.41, 5.74) is 13.9. The van der Waals surface area contributed by atoms with Gasteiger partial charge in [0, 0.05) is 47.8 Å². The zero-order valence-electron chi connectivity index (χ0n) is 33.9. The highest BCUT2D eigenvalue weighted by molar-refractivity contribution is 7.25. The van der Waals surface area contributed by atoms with Crippen LogP contribution in [0.1, 0.15) is 43.6 Å². The smallest absolute Gasteiger partial charge is 0.136 e. The summed E-state index contributed by atoms with van der Waals surface area (Å²) < 4.78 is 9.01. The Morgan fingerprint density at radius 1 is 0.426 bits per heavy atom. The fraction of sp³-hybridized carbons (Fsp3) is 0.103. The minimum Gasteiger partial charge on any atom is -0.456 e. The van der Waals surface area contributed by atoms with Crippen LogP contribution in [-0.2, 0) is 0 Å². The second-order valence-electron chi connectivity index (χ2n) is 16.6. The molecule has 0 N–H and O–H groups in total. The predicted octanol–water partition coefficient (Wildman–Crippen LogP) is 17.6. The lowest BCUT2D eigenvalue weighted by molar-refractivity contribution is 0.445. The van der Waals surface area contributed by atoms with Crippen molar-refractivity contribution in [1.82, 2.24) is 0 Å². The number of para-hydroxylation sites is 3. The monoisotopic (exact) mass is 801 g/mol. The van der Waals surface area contributed by atoms with Gasteiger partial charge in [-0.2, -0.15) is 0 Å². The Labute approximate surface area is 360 Å². The second kappa shape index (κ2) is 15.0. The van der Waals surface area contributed by atoms with E-state index in [2.05, 4.69) is 193 Å². The van der Waals surface area contributed by atoms with E-state index in [1.54, 1.807) is 0 Å². The highest BCUT2D eigenvalue weighted by Gasteiger charge is 2.25. The van der Waals surface area contributed by atoms with Crippen molar-refractivity contribution in [2.75, 3.05) is 4.90 Å². The van der Waals surface area contributed by atoms with Crippen molar-refractivity contribution < 1.29 is 4.42 Å². The van der Waals surface area contributed by atoms with Gasteiger partial charge in [-0.1, -0.05) is 165 Å². The Kier molecular flexibility index (Phi) is 8.82. The largest absolute Gasteiger partial charge is 0.456 e. The Morgan fingerprint density at radius 2 is 1.02 bits per heavy atom. The summed E-state index contributed by atoms with van der Waals surface area (Å²) in [5.74, 6) is 0.571. The van der Waals surface area contributed by atoms with Crippen LogP contribution in [0.4, 0.5) is 17.1 Å². The average Bonchev–Trinajstić information content (AvgIpc) is 3.91. The molecule has 61 heavy (non-hydrogen) atoms. The first-order chi connectivity index (χ1) is 30.3. The maximum absolute atomic E-state index is 6.40. The van der Waals surface area contributed by atoms with Gasteiger partial charge in [0.15, 0.2) is 0 Å². The van der Waals surface area contributed by atoms with Crippen LogP contribution in [0.2, 0.25) is 0 Å². The number of rotatable bonds is 7. The van der Waals surface area contributed by atoms with Gasteiger partial charge in [0.1, 0.15) is 11.2 Å². The number of fused-ring (bicyclic) bond motifs is 7. The number of anilines is 3. The Hall–Kier alpha value is -6.94. The number of furan rings is 1. The molecule has 292 valence electrons. The molecule has 0 bridgehead atoms. The first kappa shape index (κ1) is 36.0. The van der Waals surface area contributed by atoms with E-state index in [1.165, 1.54) is 90.9 Å². The van der Waals surface area contributed by atoms with E-state index in [1.807, 2.05) is 17.4 Å². The van der Waals surface area contributed by atoms with Crippen molar-refractivity contribution in [2.45, 2.75) is 38.0 Å². The molecular formula is C58H43NOS. The minimum absolute atomic E-state index is 0.571. The van der Waals surface area contributed by atoms with Gasteiger partial charge < -0.3 is 9.32 Å². The zero-order valence-corrected chi connectivity index (χ0v) is 34.7. The van der Waals surface area contributed by atoms with Gasteiger partial charge in [-0.3, -0.25) is 0 Å². The third kappa shape index (κ3) is 6.06. The molecule has 0 aliphatic heterocycles. The molecule has 0 amide bonds. The highest BCUT2D eigenvalue weighted by atomic mass is 32.1. The molecule has 2 heterocycles. The Bertz CT molecular complexity index is 3430. The molecule has 0 unspecified atom stereocenters. The third-order valence-electron chi connectivity index (χ3n) is 13.1. The molecule has 3 heteroatoms. The van der Waals surface area contributed by atoms with Crippen LogP contribution in [0, 0.1) is 0 Å². The summed E-state index contributed by atoms with van der Waals surface area (Å²) >= 11 is 1.87. The summed E-state index contributed by atoms with van der Waals surface area (Å²) in [5, 5.41) is 7.58. The minimum atomic E-state index is 0.571. The molecule has 11 aromatic rings. The average molecular weight is 802 g/mol. The molecule has 2 nitrogen and oxygen atoms in total. The van der Waals surface area contributed by atoms with E-state index < -0.39 is 0 Å². The maximum atomic E-state index is 6.40. The van der Waals surface area contributed by atoms with Crippen LogP contribution in [0.25, 0.3) is 86.3 Å². The van der Waals surface area contributed by atoms with Gasteiger partial charge in [-0.25, -0.2) is 0 Å². The van der Waals surface area contributed by atoms with Crippen molar-refractivity contribution in [3.63, 3.8) is 0 Å². The molecule has 1 saturated carbocycles. The quantitative estimate of drug-likeness (QED) is 0.160. The van der Waals surface area contributed by atoms with Gasteiger partial charge in [-0.15, -0.1) is 11.3 Å². The molecule has 0 spiro atoms. The number of thiophene rings is 1. The Morgan fingerprint density at radius 3 is 1.84 bits per heavy atom. The first-order valence-corrected chi connectivity index (χ1v) is 22.5. The fourth-order valence-corrected chi connectivity index (χ4v) is 11.5. The van der Waals surface area contributed by atoms with E-state index in [9.17, 15) is 0 Å². The second-order valence-corrected chi connectivity index (χ2v) is 17.6. The van der Waals surface area contributed by atoms with Crippen molar-refractivity contribution in [1.29, 1.82) is 0 Å². The van der Waals surface area contributed by atoms with E-state index in [0.717, 1.165) is 50.1 Å². The molecule has 1 aliphatic carbocycles. The van der Waals surface area contributed by atoms with Gasteiger partial charge in [-0.05, 0) is 106 Å². The lowest BCUT2D eigenvalue weighted by Gasteiger charge is -2.31. The number of benzene rings is 9. The Balaban J connectivity index is 1.13. The topological polar surface area (TPSA) is 16.4 Å². The molecule has 0 atom stereocenters. The third-order valence-corrected chi connectivity index (χ3v) is 14.2. The van der Waals surface area contributed by atoms with Gasteiger partial charge in [0.25, 0.3) is 0 Å². The first-order valence-electron chi connectivity index (χ1n) is 21.7. The highest BCUT2D eigenvalue weighted by Crippen LogP contribution is 2.50. The van der Waals surface area contributed by atoms with Gasteiger partial charge in [0.2, 0.25) is 0 Å². The van der Waals surface area contributed by atoms with Crippen LogP contribution in [0.3, 0.4) is 0 Å². The summed E-state index contributed by atoms with van der Waals surface area (Å²) in [6.45, 7) is 0. The van der Waals surface area contributed by atoms with Crippen molar-refractivity contribution in [3.8, 4) is 33.4 Å². The van der Waals surface area contributed by atoms with Crippen LogP contribution >= 0.6 is 11.3 Å². The number of nitrogens with zero attached hydrogens (tertiary/aromatic N) is 1. The lowest BCUT2D eigenvalue weighted by Crippen LogP contribution is -2.13. The lowest BCUT2D eigenvalue weighted by atomic mass is 9.80. The van der Waals surface area contributed by atoms with Crippen LogP contribution < -0.4 is 4.90 Å². The summed E-state index contributed by atoms with van der Waals surface area (Å²) in [7, 11) is 0. The molecule has 2 aromatic heterocycles.